The van der Waals surface area contributed by atoms with Crippen LogP contribution in [0.3, 0.4) is 0 Å². The molecule has 0 bridgehead atoms. The summed E-state index contributed by atoms with van der Waals surface area (Å²) in [5.41, 5.74) is 0.290. The van der Waals surface area contributed by atoms with Gasteiger partial charge in [-0.2, -0.15) is 0 Å². The monoisotopic (exact) mass is 183 g/mol. The molecule has 0 aromatic rings. The molecule has 3 heteroatoms. The molecule has 0 fully saturated rings. The summed E-state index contributed by atoms with van der Waals surface area (Å²) in [4.78, 5) is 10.3. The Balaban J connectivity index is 4.16. The SMILES string of the molecule is CC=C[C@@H](C)[C@@H](C)C(=N)CC(=O)O. The number of aliphatic carboxylic acids is 1. The van der Waals surface area contributed by atoms with Crippen molar-refractivity contribution in [3.8, 4) is 0 Å². The Morgan fingerprint density at radius 3 is 2.46 bits per heavy atom. The Kier molecular flexibility index (Phi) is 5.04. The lowest BCUT2D eigenvalue weighted by Crippen LogP contribution is -2.19. The van der Waals surface area contributed by atoms with Crippen LogP contribution in [-0.2, 0) is 4.79 Å². The van der Waals surface area contributed by atoms with Crippen LogP contribution in [0.15, 0.2) is 12.2 Å². The van der Waals surface area contributed by atoms with Crippen LogP contribution in [-0.4, -0.2) is 16.8 Å². The van der Waals surface area contributed by atoms with E-state index in [-0.39, 0.29) is 24.0 Å². The van der Waals surface area contributed by atoms with Gasteiger partial charge in [-0.05, 0) is 12.8 Å². The van der Waals surface area contributed by atoms with E-state index in [1.807, 2.05) is 32.9 Å². The number of hydrogen-bond acceptors (Lipinski definition) is 2. The highest BCUT2D eigenvalue weighted by Gasteiger charge is 2.16. The summed E-state index contributed by atoms with van der Waals surface area (Å²) < 4.78 is 0. The summed E-state index contributed by atoms with van der Waals surface area (Å²) in [6.45, 7) is 5.79. The lowest BCUT2D eigenvalue weighted by molar-refractivity contribution is -0.135. The van der Waals surface area contributed by atoms with Gasteiger partial charge >= 0.3 is 5.97 Å². The number of nitrogens with one attached hydrogen (secondary N) is 1. The summed E-state index contributed by atoms with van der Waals surface area (Å²) in [5.74, 6) is -0.686. The maximum atomic E-state index is 10.3. The maximum Gasteiger partial charge on any atom is 0.309 e. The second-order valence-electron chi connectivity index (χ2n) is 3.27. The quantitative estimate of drug-likeness (QED) is 0.507. The highest BCUT2D eigenvalue weighted by atomic mass is 16.4. The largest absolute Gasteiger partial charge is 0.481 e. The average Bonchev–Trinajstić information content (AvgIpc) is 2.02. The smallest absolute Gasteiger partial charge is 0.309 e. The first-order valence-electron chi connectivity index (χ1n) is 4.41. The third-order valence-electron chi connectivity index (χ3n) is 2.18. The molecule has 0 aliphatic rings. The third-order valence-corrected chi connectivity index (χ3v) is 2.18. The summed E-state index contributed by atoms with van der Waals surface area (Å²) in [7, 11) is 0. The van der Waals surface area contributed by atoms with Crippen molar-refractivity contribution in [1.29, 1.82) is 5.41 Å². The van der Waals surface area contributed by atoms with Crippen molar-refractivity contribution in [2.24, 2.45) is 11.8 Å². The molecule has 0 aliphatic heterocycles. The van der Waals surface area contributed by atoms with Crippen LogP contribution in [0.25, 0.3) is 0 Å². The predicted molar refractivity (Wildman–Crippen MR) is 53.1 cm³/mol. The first-order valence-corrected chi connectivity index (χ1v) is 4.41. The van der Waals surface area contributed by atoms with E-state index in [1.54, 1.807) is 0 Å². The average molecular weight is 183 g/mol. The van der Waals surface area contributed by atoms with E-state index in [0.717, 1.165) is 0 Å². The van der Waals surface area contributed by atoms with Crippen LogP contribution in [0.4, 0.5) is 0 Å². The molecular weight excluding hydrogens is 166 g/mol. The van der Waals surface area contributed by atoms with Crippen LogP contribution in [0, 0.1) is 17.2 Å². The molecule has 0 saturated carbocycles. The van der Waals surface area contributed by atoms with Crippen molar-refractivity contribution in [1.82, 2.24) is 0 Å². The van der Waals surface area contributed by atoms with Crippen LogP contribution in [0.1, 0.15) is 27.2 Å². The Morgan fingerprint density at radius 1 is 1.54 bits per heavy atom. The lowest BCUT2D eigenvalue weighted by Gasteiger charge is -2.16. The normalized spacial score (nSPS) is 15.6. The first kappa shape index (κ1) is 11.9. The van der Waals surface area contributed by atoms with E-state index in [4.69, 9.17) is 10.5 Å². The van der Waals surface area contributed by atoms with Crippen LogP contribution in [0.5, 0.6) is 0 Å². The minimum atomic E-state index is -0.926. The zero-order valence-electron chi connectivity index (χ0n) is 8.37. The topological polar surface area (TPSA) is 61.2 Å². The van der Waals surface area contributed by atoms with E-state index in [2.05, 4.69) is 0 Å². The van der Waals surface area contributed by atoms with Gasteiger partial charge in [0.2, 0.25) is 0 Å². The molecule has 0 heterocycles. The van der Waals surface area contributed by atoms with Gasteiger partial charge in [-0.3, -0.25) is 4.79 Å². The predicted octanol–water partition coefficient (Wildman–Crippen LogP) is 2.33. The molecule has 0 saturated heterocycles. The van der Waals surface area contributed by atoms with Gasteiger partial charge in [-0.25, -0.2) is 0 Å². The van der Waals surface area contributed by atoms with Crippen molar-refractivity contribution in [2.45, 2.75) is 27.2 Å². The standard InChI is InChI=1S/C10H17NO2/c1-4-5-7(2)8(3)9(11)6-10(12)13/h4-5,7-8,11H,6H2,1-3H3,(H,12,13)/t7-,8-/m1/s1. The fraction of sp³-hybridized carbons (Fsp3) is 0.600. The van der Waals surface area contributed by atoms with Gasteiger partial charge in [0.1, 0.15) is 0 Å². The lowest BCUT2D eigenvalue weighted by atomic mass is 9.89. The van der Waals surface area contributed by atoms with Gasteiger partial charge in [0.05, 0.1) is 6.42 Å². The van der Waals surface area contributed by atoms with Gasteiger partial charge < -0.3 is 10.5 Å². The van der Waals surface area contributed by atoms with Crippen LogP contribution < -0.4 is 0 Å². The number of carboxylic acids is 1. The molecule has 2 N–H and O–H groups in total. The summed E-state index contributed by atoms with van der Waals surface area (Å²) in [6, 6.07) is 0. The zero-order chi connectivity index (χ0) is 10.4. The van der Waals surface area contributed by atoms with Gasteiger partial charge in [0.15, 0.2) is 0 Å². The Labute approximate surface area is 79.0 Å². The molecule has 0 aliphatic carbocycles. The Morgan fingerprint density at radius 2 is 2.08 bits per heavy atom. The summed E-state index contributed by atoms with van der Waals surface area (Å²) >= 11 is 0. The third kappa shape index (κ3) is 4.45. The minimum absolute atomic E-state index is 0.00676. The second kappa shape index (κ2) is 5.51. The van der Waals surface area contributed by atoms with Gasteiger partial charge in [-0.1, -0.05) is 26.0 Å². The van der Waals surface area contributed by atoms with Crippen LogP contribution in [0.2, 0.25) is 0 Å². The molecule has 0 aromatic heterocycles. The van der Waals surface area contributed by atoms with Crippen molar-refractivity contribution < 1.29 is 9.90 Å². The van der Waals surface area contributed by atoms with E-state index >= 15 is 0 Å². The zero-order valence-corrected chi connectivity index (χ0v) is 8.37. The Hall–Kier alpha value is -1.12. The summed E-state index contributed by atoms with van der Waals surface area (Å²) in [5, 5.41) is 16.0. The molecule has 0 spiro atoms. The fourth-order valence-electron chi connectivity index (χ4n) is 1.11. The van der Waals surface area contributed by atoms with Crippen molar-refractivity contribution in [3.05, 3.63) is 12.2 Å². The number of allylic oxidation sites excluding steroid dienone is 2. The fourth-order valence-corrected chi connectivity index (χ4v) is 1.11. The molecule has 13 heavy (non-hydrogen) atoms. The van der Waals surface area contributed by atoms with Crippen molar-refractivity contribution >= 4 is 11.7 Å². The van der Waals surface area contributed by atoms with E-state index in [9.17, 15) is 4.79 Å². The van der Waals surface area contributed by atoms with E-state index in [0.29, 0.717) is 0 Å². The number of rotatable bonds is 5. The molecule has 0 aromatic carbocycles. The molecule has 0 radical (unpaired) electrons. The first-order chi connectivity index (χ1) is 5.99. The van der Waals surface area contributed by atoms with Crippen LogP contribution >= 0.6 is 0 Å². The molecular formula is C10H17NO2. The number of carboxylic acid groups (broad SMARTS) is 1. The van der Waals surface area contributed by atoms with E-state index < -0.39 is 5.97 Å². The van der Waals surface area contributed by atoms with E-state index in [1.165, 1.54) is 0 Å². The highest BCUT2D eigenvalue weighted by Crippen LogP contribution is 2.15. The van der Waals surface area contributed by atoms with Crippen molar-refractivity contribution in [3.63, 3.8) is 0 Å². The highest BCUT2D eigenvalue weighted by molar-refractivity contribution is 5.97. The number of hydrogen-bond donors (Lipinski definition) is 2. The molecule has 3 nitrogen and oxygen atoms in total. The summed E-state index contributed by atoms with van der Waals surface area (Å²) in [6.07, 6.45) is 3.76. The van der Waals surface area contributed by atoms with Crippen molar-refractivity contribution in [2.75, 3.05) is 0 Å². The van der Waals surface area contributed by atoms with Gasteiger partial charge in [0, 0.05) is 11.6 Å². The Bertz CT molecular complexity index is 221. The molecule has 0 amide bonds. The molecule has 74 valence electrons. The molecule has 0 rings (SSSR count). The molecule has 0 unspecified atom stereocenters. The molecule has 2 atom stereocenters. The second-order valence-corrected chi connectivity index (χ2v) is 3.27. The van der Waals surface area contributed by atoms with Gasteiger partial charge in [-0.15, -0.1) is 0 Å². The maximum absolute atomic E-state index is 10.3. The van der Waals surface area contributed by atoms with Gasteiger partial charge in [0.25, 0.3) is 0 Å². The number of carbonyl (C=O) groups is 1. The minimum Gasteiger partial charge on any atom is -0.481 e.